The normalized spacial score (nSPS) is 21.5. The van der Waals surface area contributed by atoms with Gasteiger partial charge in [-0.25, -0.2) is 4.79 Å². The molecule has 2 heterocycles. The fourth-order valence-electron chi connectivity index (χ4n) is 2.51. The summed E-state index contributed by atoms with van der Waals surface area (Å²) in [5.74, 6) is -1.23. The van der Waals surface area contributed by atoms with Crippen LogP contribution in [0.3, 0.4) is 0 Å². The Morgan fingerprint density at radius 2 is 2.14 bits per heavy atom. The third-order valence-corrected chi connectivity index (χ3v) is 4.04. The lowest BCUT2D eigenvalue weighted by molar-refractivity contribution is -0.148. The van der Waals surface area contributed by atoms with Crippen molar-refractivity contribution in [1.29, 1.82) is 0 Å². The van der Waals surface area contributed by atoms with Gasteiger partial charge in [0.2, 0.25) is 5.91 Å². The van der Waals surface area contributed by atoms with E-state index in [0.717, 1.165) is 10.6 Å². The van der Waals surface area contributed by atoms with Crippen LogP contribution >= 0.6 is 0 Å². The van der Waals surface area contributed by atoms with Crippen LogP contribution in [0.2, 0.25) is 0 Å². The molecule has 0 bridgehead atoms. The van der Waals surface area contributed by atoms with Crippen molar-refractivity contribution in [2.75, 3.05) is 13.1 Å². The number of amides is 1. The van der Waals surface area contributed by atoms with Crippen molar-refractivity contribution < 1.29 is 14.7 Å². The van der Waals surface area contributed by atoms with E-state index >= 15 is 0 Å². The van der Waals surface area contributed by atoms with Crippen molar-refractivity contribution in [3.8, 4) is 0 Å². The Kier molecular flexibility index (Phi) is 3.97. The molecule has 1 saturated heterocycles. The smallest absolute Gasteiger partial charge is 0.328 e. The number of carboxylic acid groups (broad SMARTS) is 1. The van der Waals surface area contributed by atoms with Crippen molar-refractivity contribution in [3.05, 3.63) is 33.1 Å². The molecule has 0 aliphatic carbocycles. The molecule has 1 amide bonds. The lowest BCUT2D eigenvalue weighted by Crippen LogP contribution is -2.40. The summed E-state index contributed by atoms with van der Waals surface area (Å²) < 4.78 is 1.09. The monoisotopic (exact) mass is 295 g/mol. The number of aromatic nitrogens is 2. The molecule has 1 fully saturated rings. The van der Waals surface area contributed by atoms with Crippen LogP contribution in [0, 0.1) is 5.41 Å². The number of hydrogen-bond donors (Lipinski definition) is 2. The van der Waals surface area contributed by atoms with Gasteiger partial charge in [-0.1, -0.05) is 6.92 Å². The van der Waals surface area contributed by atoms with E-state index in [-0.39, 0.29) is 19.0 Å². The van der Waals surface area contributed by atoms with Crippen molar-refractivity contribution >= 4 is 11.9 Å². The van der Waals surface area contributed by atoms with Crippen LogP contribution in [0.25, 0.3) is 0 Å². The number of nitrogens with zero attached hydrogens (tertiary/aromatic N) is 2. The van der Waals surface area contributed by atoms with E-state index in [1.54, 1.807) is 6.92 Å². The summed E-state index contributed by atoms with van der Waals surface area (Å²) >= 11 is 0. The highest BCUT2D eigenvalue weighted by atomic mass is 16.4. The van der Waals surface area contributed by atoms with E-state index < -0.39 is 22.6 Å². The summed E-state index contributed by atoms with van der Waals surface area (Å²) in [7, 11) is 0. The van der Waals surface area contributed by atoms with Gasteiger partial charge in [-0.3, -0.25) is 23.9 Å². The number of hydrogen-bond acceptors (Lipinski definition) is 4. The average molecular weight is 295 g/mol. The predicted octanol–water partition coefficient (Wildman–Crippen LogP) is -0.750. The highest BCUT2D eigenvalue weighted by Crippen LogP contribution is 2.34. The minimum Gasteiger partial charge on any atom is -0.481 e. The molecule has 1 aliphatic rings. The predicted molar refractivity (Wildman–Crippen MR) is 72.9 cm³/mol. The lowest BCUT2D eigenvalue weighted by atomic mass is 9.84. The van der Waals surface area contributed by atoms with Gasteiger partial charge in [0, 0.05) is 25.4 Å². The number of aliphatic carboxylic acids is 1. The van der Waals surface area contributed by atoms with Crippen molar-refractivity contribution in [2.45, 2.75) is 26.3 Å². The molecular formula is C13H17N3O5. The molecule has 1 atom stereocenters. The topological polar surface area (TPSA) is 112 Å². The molecule has 114 valence electrons. The van der Waals surface area contributed by atoms with Crippen LogP contribution in [0.15, 0.2) is 21.9 Å². The van der Waals surface area contributed by atoms with Crippen molar-refractivity contribution in [2.24, 2.45) is 5.41 Å². The van der Waals surface area contributed by atoms with Crippen LogP contribution in [0.4, 0.5) is 0 Å². The minimum absolute atomic E-state index is 0.149. The van der Waals surface area contributed by atoms with Crippen LogP contribution in [-0.2, 0) is 16.1 Å². The van der Waals surface area contributed by atoms with Gasteiger partial charge < -0.3 is 10.0 Å². The summed E-state index contributed by atoms with van der Waals surface area (Å²) in [6, 6.07) is 1.16. The minimum atomic E-state index is -0.901. The first-order valence-corrected chi connectivity index (χ1v) is 6.69. The Labute approximate surface area is 120 Å². The Hall–Kier alpha value is -2.38. The average Bonchev–Trinajstić information content (AvgIpc) is 2.88. The van der Waals surface area contributed by atoms with E-state index in [0.29, 0.717) is 19.4 Å². The van der Waals surface area contributed by atoms with E-state index in [9.17, 15) is 24.3 Å². The molecule has 0 saturated carbocycles. The Bertz CT molecular complexity index is 677. The third kappa shape index (κ3) is 2.88. The second-order valence-electron chi connectivity index (χ2n) is 5.24. The van der Waals surface area contributed by atoms with Crippen molar-refractivity contribution in [3.63, 3.8) is 0 Å². The molecule has 1 aromatic rings. The fourth-order valence-corrected chi connectivity index (χ4v) is 2.51. The number of H-pyrrole nitrogens is 1. The molecule has 0 radical (unpaired) electrons. The number of carbonyl (C=O) groups is 2. The maximum Gasteiger partial charge on any atom is 0.328 e. The van der Waals surface area contributed by atoms with E-state index in [1.807, 2.05) is 0 Å². The molecular weight excluding hydrogens is 278 g/mol. The molecule has 8 heteroatoms. The quantitative estimate of drug-likeness (QED) is 0.759. The van der Waals surface area contributed by atoms with Gasteiger partial charge in [-0.15, -0.1) is 0 Å². The zero-order valence-electron chi connectivity index (χ0n) is 11.7. The molecule has 2 rings (SSSR count). The SMILES string of the molecule is CCC1(C(=O)O)CCN(C(=O)Cn2ccc(=O)[nH]c2=O)C1. The molecule has 2 N–H and O–H groups in total. The highest BCUT2D eigenvalue weighted by Gasteiger charge is 2.44. The third-order valence-electron chi connectivity index (χ3n) is 4.04. The Balaban J connectivity index is 2.10. The lowest BCUT2D eigenvalue weighted by Gasteiger charge is -2.23. The first kappa shape index (κ1) is 15.0. The van der Waals surface area contributed by atoms with Gasteiger partial charge in [0.15, 0.2) is 0 Å². The maximum atomic E-state index is 12.2. The largest absolute Gasteiger partial charge is 0.481 e. The fraction of sp³-hybridized carbons (Fsp3) is 0.538. The zero-order valence-corrected chi connectivity index (χ0v) is 11.7. The summed E-state index contributed by atoms with van der Waals surface area (Å²) in [6.07, 6.45) is 2.11. The standard InChI is InChI=1S/C13H17N3O5/c1-2-13(11(19)20)4-6-16(8-13)10(18)7-15-5-3-9(17)14-12(15)21/h3,5H,2,4,6-8H2,1H3,(H,19,20)(H,14,17,21). The van der Waals surface area contributed by atoms with E-state index in [4.69, 9.17) is 0 Å². The molecule has 0 spiro atoms. The molecule has 8 nitrogen and oxygen atoms in total. The Morgan fingerprint density at radius 1 is 1.43 bits per heavy atom. The number of rotatable bonds is 4. The first-order chi connectivity index (χ1) is 9.88. The summed E-state index contributed by atoms with van der Waals surface area (Å²) in [5, 5.41) is 9.29. The Morgan fingerprint density at radius 3 is 2.67 bits per heavy atom. The van der Waals surface area contributed by atoms with Gasteiger partial charge in [0.25, 0.3) is 5.56 Å². The van der Waals surface area contributed by atoms with Gasteiger partial charge >= 0.3 is 11.7 Å². The number of carboxylic acids is 1. The van der Waals surface area contributed by atoms with Gasteiger partial charge in [0.05, 0.1) is 5.41 Å². The highest BCUT2D eigenvalue weighted by molar-refractivity contribution is 5.80. The summed E-state index contributed by atoms with van der Waals surface area (Å²) in [4.78, 5) is 49.5. The van der Waals surface area contributed by atoms with Crippen LogP contribution in [0.1, 0.15) is 19.8 Å². The second kappa shape index (κ2) is 5.55. The maximum absolute atomic E-state index is 12.2. The van der Waals surface area contributed by atoms with Gasteiger partial charge in [-0.05, 0) is 12.8 Å². The molecule has 1 aliphatic heterocycles. The van der Waals surface area contributed by atoms with Gasteiger partial charge in [0.1, 0.15) is 6.54 Å². The van der Waals surface area contributed by atoms with Crippen LogP contribution in [-0.4, -0.2) is 44.5 Å². The summed E-state index contributed by atoms with van der Waals surface area (Å²) in [5.41, 5.74) is -2.08. The van der Waals surface area contributed by atoms with Crippen LogP contribution in [0.5, 0.6) is 0 Å². The number of nitrogens with one attached hydrogen (secondary N) is 1. The number of carbonyl (C=O) groups excluding carboxylic acids is 1. The first-order valence-electron chi connectivity index (χ1n) is 6.69. The summed E-state index contributed by atoms with van der Waals surface area (Å²) in [6.45, 7) is 2.08. The van der Waals surface area contributed by atoms with Crippen molar-refractivity contribution in [1.82, 2.24) is 14.5 Å². The second-order valence-corrected chi connectivity index (χ2v) is 5.24. The van der Waals surface area contributed by atoms with Crippen LogP contribution < -0.4 is 11.2 Å². The van der Waals surface area contributed by atoms with E-state index in [2.05, 4.69) is 4.98 Å². The number of likely N-dealkylation sites (tertiary alicyclic amines) is 1. The van der Waals surface area contributed by atoms with Gasteiger partial charge in [-0.2, -0.15) is 0 Å². The van der Waals surface area contributed by atoms with E-state index in [1.165, 1.54) is 11.1 Å². The molecule has 0 aromatic carbocycles. The molecule has 1 aromatic heterocycles. The number of aromatic amines is 1. The molecule has 21 heavy (non-hydrogen) atoms. The molecule has 1 unspecified atom stereocenters. The zero-order chi connectivity index (χ0) is 15.6.